The number of nitrogens with zero attached hydrogens (tertiary/aromatic N) is 3. The molecule has 0 aliphatic carbocycles. The van der Waals surface area contributed by atoms with E-state index in [1.54, 1.807) is 10.9 Å². The van der Waals surface area contributed by atoms with Crippen LogP contribution in [0.15, 0.2) is 67.0 Å². The maximum Gasteiger partial charge on any atom is 0.225 e. The smallest absolute Gasteiger partial charge is 0.225 e. The van der Waals surface area contributed by atoms with Gasteiger partial charge in [-0.2, -0.15) is 5.10 Å². The normalized spacial score (nSPS) is 12.4. The van der Waals surface area contributed by atoms with E-state index >= 15 is 0 Å². The number of aromatic amines is 1. The van der Waals surface area contributed by atoms with Crippen LogP contribution in [0.1, 0.15) is 31.3 Å². The Kier molecular flexibility index (Phi) is 4.93. The molecule has 2 aromatic heterocycles. The molecule has 0 bridgehead atoms. The predicted molar refractivity (Wildman–Crippen MR) is 109 cm³/mol. The minimum Gasteiger partial charge on any atom is -0.346 e. The topological polar surface area (TPSA) is 75.6 Å². The average Bonchev–Trinajstić information content (AvgIpc) is 3.33. The third kappa shape index (κ3) is 3.81. The maximum absolute atomic E-state index is 12.7. The first-order valence-corrected chi connectivity index (χ1v) is 9.43. The van der Waals surface area contributed by atoms with Crippen LogP contribution in [0, 0.1) is 5.92 Å². The Morgan fingerprint density at radius 1 is 1.11 bits per heavy atom. The lowest BCUT2D eigenvalue weighted by molar-refractivity contribution is -0.121. The summed E-state index contributed by atoms with van der Waals surface area (Å²) < 4.78 is 1.78. The van der Waals surface area contributed by atoms with E-state index < -0.39 is 0 Å². The molecule has 0 fully saturated rings. The SMILES string of the molecule is CC(C)C(NC(=O)Cc1cnn(-c2ccccc2)c1)c1nc2ccccc2[nH]1. The van der Waals surface area contributed by atoms with Gasteiger partial charge >= 0.3 is 0 Å². The number of para-hydroxylation sites is 3. The number of H-pyrrole nitrogens is 1. The minimum absolute atomic E-state index is 0.0493. The van der Waals surface area contributed by atoms with E-state index in [-0.39, 0.29) is 24.3 Å². The molecular formula is C22H23N5O. The second-order valence-electron chi connectivity index (χ2n) is 7.23. The van der Waals surface area contributed by atoms with Crippen LogP contribution in [0.5, 0.6) is 0 Å². The van der Waals surface area contributed by atoms with Crippen LogP contribution >= 0.6 is 0 Å². The predicted octanol–water partition coefficient (Wildman–Crippen LogP) is 3.80. The van der Waals surface area contributed by atoms with Gasteiger partial charge in [0.1, 0.15) is 5.82 Å². The minimum atomic E-state index is -0.177. The van der Waals surface area contributed by atoms with Gasteiger partial charge in [-0.25, -0.2) is 9.67 Å². The van der Waals surface area contributed by atoms with Gasteiger partial charge in [-0.05, 0) is 35.7 Å². The highest BCUT2D eigenvalue weighted by Crippen LogP contribution is 2.22. The van der Waals surface area contributed by atoms with Crippen LogP contribution < -0.4 is 5.32 Å². The highest BCUT2D eigenvalue weighted by atomic mass is 16.1. The number of hydrogen-bond donors (Lipinski definition) is 2. The fourth-order valence-corrected chi connectivity index (χ4v) is 3.25. The molecule has 2 N–H and O–H groups in total. The van der Waals surface area contributed by atoms with Crippen molar-refractivity contribution in [2.45, 2.75) is 26.3 Å². The maximum atomic E-state index is 12.7. The van der Waals surface area contributed by atoms with Crippen molar-refractivity contribution >= 4 is 16.9 Å². The Labute approximate surface area is 163 Å². The summed E-state index contributed by atoms with van der Waals surface area (Å²) in [4.78, 5) is 20.7. The van der Waals surface area contributed by atoms with Gasteiger partial charge in [0.2, 0.25) is 5.91 Å². The van der Waals surface area contributed by atoms with Gasteiger partial charge in [0, 0.05) is 6.20 Å². The summed E-state index contributed by atoms with van der Waals surface area (Å²) in [5, 5.41) is 7.48. The molecule has 2 heterocycles. The number of hydrogen-bond acceptors (Lipinski definition) is 3. The first kappa shape index (κ1) is 18.0. The zero-order chi connectivity index (χ0) is 19.5. The van der Waals surface area contributed by atoms with Crippen molar-refractivity contribution in [2.75, 3.05) is 0 Å². The monoisotopic (exact) mass is 373 g/mol. The molecule has 0 saturated carbocycles. The van der Waals surface area contributed by atoms with E-state index in [4.69, 9.17) is 0 Å². The summed E-state index contributed by atoms with van der Waals surface area (Å²) in [6.07, 6.45) is 3.90. The number of amides is 1. The molecule has 1 unspecified atom stereocenters. The molecule has 6 nitrogen and oxygen atoms in total. The molecule has 6 heteroatoms. The number of carbonyl (C=O) groups is 1. The van der Waals surface area contributed by atoms with Gasteiger partial charge in [-0.1, -0.05) is 44.2 Å². The van der Waals surface area contributed by atoms with E-state index in [0.717, 1.165) is 28.1 Å². The fourth-order valence-electron chi connectivity index (χ4n) is 3.25. The van der Waals surface area contributed by atoms with Gasteiger partial charge in [-0.15, -0.1) is 0 Å². The van der Waals surface area contributed by atoms with Crippen molar-refractivity contribution in [3.8, 4) is 5.69 Å². The lowest BCUT2D eigenvalue weighted by Gasteiger charge is -2.20. The van der Waals surface area contributed by atoms with Crippen molar-refractivity contribution < 1.29 is 4.79 Å². The molecule has 1 atom stereocenters. The molecule has 0 radical (unpaired) electrons. The van der Waals surface area contributed by atoms with Crippen molar-refractivity contribution in [3.05, 3.63) is 78.4 Å². The second kappa shape index (κ2) is 7.68. The Morgan fingerprint density at radius 3 is 2.61 bits per heavy atom. The second-order valence-corrected chi connectivity index (χ2v) is 7.23. The zero-order valence-corrected chi connectivity index (χ0v) is 16.0. The first-order valence-electron chi connectivity index (χ1n) is 9.43. The molecule has 0 aliphatic rings. The number of aromatic nitrogens is 4. The summed E-state index contributed by atoms with van der Waals surface area (Å²) in [7, 11) is 0. The van der Waals surface area contributed by atoms with Crippen molar-refractivity contribution in [1.29, 1.82) is 0 Å². The van der Waals surface area contributed by atoms with Crippen LogP contribution in [0.3, 0.4) is 0 Å². The van der Waals surface area contributed by atoms with Crippen LogP contribution in [-0.4, -0.2) is 25.7 Å². The molecule has 1 amide bonds. The van der Waals surface area contributed by atoms with Crippen LogP contribution in [-0.2, 0) is 11.2 Å². The number of nitrogens with one attached hydrogen (secondary N) is 2. The zero-order valence-electron chi connectivity index (χ0n) is 16.0. The summed E-state index contributed by atoms with van der Waals surface area (Å²) in [5.74, 6) is 0.938. The van der Waals surface area contributed by atoms with Gasteiger partial charge in [0.05, 0.1) is 35.4 Å². The molecule has 4 aromatic rings. The largest absolute Gasteiger partial charge is 0.346 e. The number of fused-ring (bicyclic) bond motifs is 1. The van der Waals surface area contributed by atoms with E-state index in [1.165, 1.54) is 0 Å². The van der Waals surface area contributed by atoms with Crippen LogP contribution in [0.25, 0.3) is 16.7 Å². The van der Waals surface area contributed by atoms with Crippen molar-refractivity contribution in [2.24, 2.45) is 5.92 Å². The summed E-state index contributed by atoms with van der Waals surface area (Å²) in [6.45, 7) is 4.15. The Morgan fingerprint density at radius 2 is 1.86 bits per heavy atom. The molecule has 0 aliphatic heterocycles. The standard InChI is InChI=1S/C22H23N5O/c1-15(2)21(22-24-18-10-6-7-11-19(18)25-22)26-20(28)12-16-13-23-27(14-16)17-8-4-3-5-9-17/h3-11,13-15,21H,12H2,1-2H3,(H,24,25)(H,26,28). The summed E-state index contributed by atoms with van der Waals surface area (Å²) in [6, 6.07) is 17.6. The Hall–Kier alpha value is -3.41. The third-order valence-corrected chi connectivity index (χ3v) is 4.71. The lowest BCUT2D eigenvalue weighted by atomic mass is 10.0. The number of imidazole rings is 1. The van der Waals surface area contributed by atoms with Gasteiger partial charge in [-0.3, -0.25) is 4.79 Å². The summed E-state index contributed by atoms with van der Waals surface area (Å²) in [5.41, 5.74) is 3.72. The van der Waals surface area contributed by atoms with E-state index in [1.807, 2.05) is 60.8 Å². The molecule has 142 valence electrons. The van der Waals surface area contributed by atoms with Crippen molar-refractivity contribution in [3.63, 3.8) is 0 Å². The summed E-state index contributed by atoms with van der Waals surface area (Å²) >= 11 is 0. The van der Waals surface area contributed by atoms with Crippen LogP contribution in [0.4, 0.5) is 0 Å². The van der Waals surface area contributed by atoms with E-state index in [9.17, 15) is 4.79 Å². The molecular weight excluding hydrogens is 350 g/mol. The molecule has 28 heavy (non-hydrogen) atoms. The van der Waals surface area contributed by atoms with E-state index in [0.29, 0.717) is 0 Å². The number of rotatable bonds is 6. The van der Waals surface area contributed by atoms with Crippen molar-refractivity contribution in [1.82, 2.24) is 25.1 Å². The quantitative estimate of drug-likeness (QED) is 0.540. The van der Waals surface area contributed by atoms with Gasteiger partial charge < -0.3 is 10.3 Å². The average molecular weight is 373 g/mol. The highest BCUT2D eigenvalue weighted by molar-refractivity contribution is 5.79. The highest BCUT2D eigenvalue weighted by Gasteiger charge is 2.22. The lowest BCUT2D eigenvalue weighted by Crippen LogP contribution is -2.33. The number of carbonyl (C=O) groups excluding carboxylic acids is 1. The van der Waals surface area contributed by atoms with E-state index in [2.05, 4.69) is 34.2 Å². The molecule has 4 rings (SSSR count). The number of benzene rings is 2. The molecule has 2 aromatic carbocycles. The third-order valence-electron chi connectivity index (χ3n) is 4.71. The molecule has 0 spiro atoms. The molecule has 0 saturated heterocycles. The Bertz CT molecular complexity index is 1050. The van der Waals surface area contributed by atoms with Crippen LogP contribution in [0.2, 0.25) is 0 Å². The fraction of sp³-hybridized carbons (Fsp3) is 0.227. The first-order chi connectivity index (χ1) is 13.6. The Balaban J connectivity index is 1.47. The van der Waals surface area contributed by atoms with Gasteiger partial charge in [0.15, 0.2) is 0 Å². The van der Waals surface area contributed by atoms with Gasteiger partial charge in [0.25, 0.3) is 0 Å².